The molecule has 0 fully saturated rings. The SMILES string of the molecule is C#CC(CCCC)OCCC. The molecule has 0 radical (unpaired) electrons. The smallest absolute Gasteiger partial charge is 0.117 e. The third kappa shape index (κ3) is 5.94. The summed E-state index contributed by atoms with van der Waals surface area (Å²) in [5.74, 6) is 2.65. The van der Waals surface area contributed by atoms with Gasteiger partial charge in [0.15, 0.2) is 0 Å². The Morgan fingerprint density at radius 3 is 2.55 bits per heavy atom. The Morgan fingerprint density at radius 2 is 2.09 bits per heavy atom. The molecule has 1 nitrogen and oxygen atoms in total. The Hall–Kier alpha value is -0.480. The van der Waals surface area contributed by atoms with Crippen molar-refractivity contribution in [1.82, 2.24) is 0 Å². The zero-order valence-corrected chi connectivity index (χ0v) is 7.60. The first-order chi connectivity index (χ1) is 5.35. The second-order valence-electron chi connectivity index (χ2n) is 2.67. The maximum Gasteiger partial charge on any atom is 0.117 e. The van der Waals surface area contributed by atoms with E-state index in [2.05, 4.69) is 19.8 Å². The van der Waals surface area contributed by atoms with Crippen LogP contribution in [-0.2, 0) is 4.74 Å². The average Bonchev–Trinajstić information content (AvgIpc) is 2.05. The summed E-state index contributed by atoms with van der Waals surface area (Å²) >= 11 is 0. The Labute approximate surface area is 70.1 Å². The van der Waals surface area contributed by atoms with E-state index in [1.807, 2.05) is 0 Å². The molecule has 1 unspecified atom stereocenters. The highest BCUT2D eigenvalue weighted by atomic mass is 16.5. The van der Waals surface area contributed by atoms with Gasteiger partial charge in [-0.05, 0) is 12.8 Å². The van der Waals surface area contributed by atoms with Crippen LogP contribution in [0.2, 0.25) is 0 Å². The molecule has 0 rings (SSSR count). The van der Waals surface area contributed by atoms with Gasteiger partial charge < -0.3 is 4.74 Å². The predicted octanol–water partition coefficient (Wildman–Crippen LogP) is 2.61. The second kappa shape index (κ2) is 7.63. The minimum absolute atomic E-state index is 0.0508. The van der Waals surface area contributed by atoms with Gasteiger partial charge in [0.05, 0.1) is 0 Å². The standard InChI is InChI=1S/C10H18O/c1-4-7-8-10(6-3)11-9-5-2/h3,10H,4-5,7-9H2,1-2H3. The van der Waals surface area contributed by atoms with Crippen LogP contribution in [0.15, 0.2) is 0 Å². The first-order valence-corrected chi connectivity index (χ1v) is 4.42. The number of ether oxygens (including phenoxy) is 1. The number of rotatable bonds is 6. The van der Waals surface area contributed by atoms with Crippen LogP contribution in [0.1, 0.15) is 39.5 Å². The number of unbranched alkanes of at least 4 members (excludes halogenated alkanes) is 1. The summed E-state index contributed by atoms with van der Waals surface area (Å²) < 4.78 is 5.41. The molecule has 0 bridgehead atoms. The summed E-state index contributed by atoms with van der Waals surface area (Å²) in [7, 11) is 0. The summed E-state index contributed by atoms with van der Waals surface area (Å²) in [5, 5.41) is 0. The van der Waals surface area contributed by atoms with Gasteiger partial charge >= 0.3 is 0 Å². The summed E-state index contributed by atoms with van der Waals surface area (Å²) in [6.07, 6.45) is 9.74. The van der Waals surface area contributed by atoms with Crippen LogP contribution in [0.5, 0.6) is 0 Å². The van der Waals surface area contributed by atoms with Gasteiger partial charge in [-0.2, -0.15) is 0 Å². The highest BCUT2D eigenvalue weighted by Crippen LogP contribution is 2.03. The van der Waals surface area contributed by atoms with Crippen molar-refractivity contribution in [3.05, 3.63) is 0 Å². The lowest BCUT2D eigenvalue weighted by atomic mass is 10.2. The van der Waals surface area contributed by atoms with E-state index in [4.69, 9.17) is 11.2 Å². The molecule has 0 aromatic carbocycles. The normalized spacial score (nSPS) is 12.5. The number of terminal acetylenes is 1. The van der Waals surface area contributed by atoms with E-state index in [9.17, 15) is 0 Å². The molecule has 0 aromatic rings. The molecule has 64 valence electrons. The van der Waals surface area contributed by atoms with E-state index in [-0.39, 0.29) is 6.10 Å². The molecular weight excluding hydrogens is 136 g/mol. The van der Waals surface area contributed by atoms with Gasteiger partial charge in [-0.15, -0.1) is 6.42 Å². The van der Waals surface area contributed by atoms with E-state index in [1.54, 1.807) is 0 Å². The topological polar surface area (TPSA) is 9.23 Å². The molecule has 1 atom stereocenters. The van der Waals surface area contributed by atoms with Crippen LogP contribution >= 0.6 is 0 Å². The van der Waals surface area contributed by atoms with Crippen LogP contribution in [0, 0.1) is 12.3 Å². The molecule has 0 aromatic heterocycles. The number of hydrogen-bond acceptors (Lipinski definition) is 1. The van der Waals surface area contributed by atoms with E-state index in [1.165, 1.54) is 12.8 Å². The monoisotopic (exact) mass is 154 g/mol. The fourth-order valence-electron chi connectivity index (χ4n) is 0.864. The van der Waals surface area contributed by atoms with Gasteiger partial charge in [-0.3, -0.25) is 0 Å². The van der Waals surface area contributed by atoms with E-state index < -0.39 is 0 Å². The molecule has 0 amide bonds. The second-order valence-corrected chi connectivity index (χ2v) is 2.67. The summed E-state index contributed by atoms with van der Waals surface area (Å²) in [4.78, 5) is 0. The molecule has 1 heteroatoms. The van der Waals surface area contributed by atoms with Crippen LogP contribution in [-0.4, -0.2) is 12.7 Å². The quantitative estimate of drug-likeness (QED) is 0.534. The van der Waals surface area contributed by atoms with Crippen LogP contribution in [0.3, 0.4) is 0 Å². The fourth-order valence-corrected chi connectivity index (χ4v) is 0.864. The van der Waals surface area contributed by atoms with E-state index in [0.29, 0.717) is 0 Å². The van der Waals surface area contributed by atoms with Crippen molar-refractivity contribution < 1.29 is 4.74 Å². The Morgan fingerprint density at radius 1 is 1.36 bits per heavy atom. The molecule has 0 heterocycles. The van der Waals surface area contributed by atoms with Crippen molar-refractivity contribution in [2.24, 2.45) is 0 Å². The van der Waals surface area contributed by atoms with E-state index >= 15 is 0 Å². The molecule has 0 N–H and O–H groups in total. The van der Waals surface area contributed by atoms with Crippen molar-refractivity contribution >= 4 is 0 Å². The summed E-state index contributed by atoms with van der Waals surface area (Å²) in [6.45, 7) is 5.04. The van der Waals surface area contributed by atoms with Gasteiger partial charge in [0, 0.05) is 6.61 Å². The van der Waals surface area contributed by atoms with Gasteiger partial charge in [0.2, 0.25) is 0 Å². The summed E-state index contributed by atoms with van der Waals surface area (Å²) in [5.41, 5.74) is 0. The Balaban J connectivity index is 3.35. The third-order valence-corrected chi connectivity index (χ3v) is 1.53. The van der Waals surface area contributed by atoms with Crippen molar-refractivity contribution in [2.75, 3.05) is 6.61 Å². The Kier molecular flexibility index (Phi) is 7.29. The maximum absolute atomic E-state index is 5.41. The van der Waals surface area contributed by atoms with E-state index in [0.717, 1.165) is 19.4 Å². The van der Waals surface area contributed by atoms with Crippen LogP contribution in [0.4, 0.5) is 0 Å². The molecular formula is C10H18O. The van der Waals surface area contributed by atoms with Crippen molar-refractivity contribution in [3.63, 3.8) is 0 Å². The molecule has 11 heavy (non-hydrogen) atoms. The van der Waals surface area contributed by atoms with Gasteiger partial charge in [0.1, 0.15) is 6.10 Å². The fraction of sp³-hybridized carbons (Fsp3) is 0.800. The number of hydrogen-bond donors (Lipinski definition) is 0. The first kappa shape index (κ1) is 10.5. The van der Waals surface area contributed by atoms with Crippen molar-refractivity contribution in [1.29, 1.82) is 0 Å². The molecule has 0 aliphatic heterocycles. The highest BCUT2D eigenvalue weighted by molar-refractivity contribution is 4.94. The molecule has 0 aliphatic carbocycles. The lowest BCUT2D eigenvalue weighted by Gasteiger charge is -2.09. The van der Waals surface area contributed by atoms with Crippen molar-refractivity contribution in [3.8, 4) is 12.3 Å². The zero-order valence-electron chi connectivity index (χ0n) is 7.60. The maximum atomic E-state index is 5.41. The van der Waals surface area contributed by atoms with Crippen LogP contribution in [0.25, 0.3) is 0 Å². The van der Waals surface area contributed by atoms with Gasteiger partial charge in [-0.25, -0.2) is 0 Å². The van der Waals surface area contributed by atoms with Gasteiger partial charge in [-0.1, -0.05) is 32.6 Å². The lowest BCUT2D eigenvalue weighted by Crippen LogP contribution is -2.10. The van der Waals surface area contributed by atoms with Gasteiger partial charge in [0.25, 0.3) is 0 Å². The molecule has 0 spiro atoms. The zero-order chi connectivity index (χ0) is 8.53. The molecule has 0 saturated carbocycles. The first-order valence-electron chi connectivity index (χ1n) is 4.42. The third-order valence-electron chi connectivity index (χ3n) is 1.53. The minimum Gasteiger partial charge on any atom is -0.366 e. The summed E-state index contributed by atoms with van der Waals surface area (Å²) in [6, 6.07) is 0. The lowest BCUT2D eigenvalue weighted by molar-refractivity contribution is 0.0848. The van der Waals surface area contributed by atoms with Crippen LogP contribution < -0.4 is 0 Å². The Bertz CT molecular complexity index is 105. The molecule has 0 aliphatic rings. The van der Waals surface area contributed by atoms with Crippen molar-refractivity contribution in [2.45, 2.75) is 45.6 Å². The largest absolute Gasteiger partial charge is 0.366 e. The minimum atomic E-state index is 0.0508. The molecule has 0 saturated heterocycles. The predicted molar refractivity (Wildman–Crippen MR) is 48.4 cm³/mol. The average molecular weight is 154 g/mol. The highest BCUT2D eigenvalue weighted by Gasteiger charge is 2.01.